The van der Waals surface area contributed by atoms with Crippen molar-refractivity contribution in [3.8, 4) is 0 Å². The minimum Gasteiger partial charge on any atom is -0.404 e. The number of hydrogen-bond acceptors (Lipinski definition) is 5. The molecule has 9 heteroatoms. The van der Waals surface area contributed by atoms with Gasteiger partial charge >= 0.3 is 7.12 Å². The van der Waals surface area contributed by atoms with E-state index in [-0.39, 0.29) is 47.3 Å². The van der Waals surface area contributed by atoms with Gasteiger partial charge in [-0.05, 0) is 98.9 Å². The Morgan fingerprint density at radius 1 is 1.07 bits per heavy atom. The van der Waals surface area contributed by atoms with Gasteiger partial charge in [-0.25, -0.2) is 0 Å². The van der Waals surface area contributed by atoms with E-state index in [0.717, 1.165) is 44.1 Å². The van der Waals surface area contributed by atoms with E-state index in [4.69, 9.17) is 15.0 Å². The Hall–Kier alpha value is -2.39. The van der Waals surface area contributed by atoms with Gasteiger partial charge in [-0.15, -0.1) is 12.4 Å². The first-order valence-electron chi connectivity index (χ1n) is 16.0. The van der Waals surface area contributed by atoms with Gasteiger partial charge in [0.05, 0.1) is 17.6 Å². The Labute approximate surface area is 263 Å². The molecule has 5 fully saturated rings. The molecule has 3 N–H and O–H groups in total. The first-order valence-corrected chi connectivity index (χ1v) is 16.0. The number of nitrogens with one attached hydrogen (secondary N) is 1. The van der Waals surface area contributed by atoms with Crippen LogP contribution in [0.4, 0.5) is 0 Å². The molecular formula is C34H47BClN3O4. The lowest BCUT2D eigenvalue weighted by Gasteiger charge is -2.64. The second-order valence-corrected chi connectivity index (χ2v) is 13.8. The van der Waals surface area contributed by atoms with Crippen LogP contribution in [-0.2, 0) is 20.5 Å². The fourth-order valence-electron chi connectivity index (χ4n) is 8.23. The first kappa shape index (κ1) is 32.0. The molecule has 5 aliphatic rings. The second kappa shape index (κ2) is 12.9. The summed E-state index contributed by atoms with van der Waals surface area (Å²) in [5.74, 6) is 0.641. The van der Waals surface area contributed by atoms with Crippen molar-refractivity contribution in [2.24, 2.45) is 23.0 Å². The standard InChI is InChI=1S/C34H46BN3O4.ClH/c1-33(2)26-21-28(33)34(3)29(22-26)41-35(42-34)30(16-7-8-17-36)37-31(39)27-15-10-18-38(27)32(40)25-14-9-13-24(20-25)19-23-11-5-4-6-12-23;/h4-6,9,11-14,20,26-30H,7-8,10,15-19,21-22,36H2,1-3H3,(H,37,39);1H/t26-,27-,28-,29+,30-,34-;/m0./s1. The summed E-state index contributed by atoms with van der Waals surface area (Å²) in [7, 11) is -0.489. The fraction of sp³-hybridized carbons (Fsp3) is 0.588. The molecule has 6 atom stereocenters. The number of halogens is 1. The van der Waals surface area contributed by atoms with Crippen molar-refractivity contribution in [2.45, 2.75) is 95.8 Å². The van der Waals surface area contributed by atoms with Crippen LogP contribution in [0.15, 0.2) is 54.6 Å². The Balaban J connectivity index is 0.00000368. The van der Waals surface area contributed by atoms with Gasteiger partial charge in [-0.2, -0.15) is 0 Å². The Bertz CT molecular complexity index is 1300. The molecule has 7 nitrogen and oxygen atoms in total. The van der Waals surface area contributed by atoms with Gasteiger partial charge in [-0.3, -0.25) is 9.59 Å². The molecule has 2 aromatic rings. The van der Waals surface area contributed by atoms with Crippen LogP contribution in [0, 0.1) is 17.3 Å². The Morgan fingerprint density at radius 3 is 2.58 bits per heavy atom. The molecule has 2 amide bonds. The SMILES string of the molecule is CC1(C)[C@@H]2C[C@H]3OB([C@H](CCCCN)NC(=O)[C@@H]4CCCN4C(=O)c4cccc(Cc5ccccc5)c4)O[C@@]3(C)[C@H]1C2.Cl. The number of nitrogens with zero attached hydrogens (tertiary/aromatic N) is 1. The van der Waals surface area contributed by atoms with E-state index >= 15 is 0 Å². The van der Waals surface area contributed by atoms with Crippen molar-refractivity contribution in [3.05, 3.63) is 71.3 Å². The third-order valence-electron chi connectivity index (χ3n) is 10.8. The maximum Gasteiger partial charge on any atom is 0.481 e. The smallest absolute Gasteiger partial charge is 0.404 e. The van der Waals surface area contributed by atoms with Crippen LogP contribution in [-0.4, -0.2) is 60.6 Å². The first-order chi connectivity index (χ1) is 20.2. The molecule has 3 saturated carbocycles. The number of unbranched alkanes of at least 4 members (excludes halogenated alkanes) is 1. The van der Waals surface area contributed by atoms with Gasteiger partial charge in [0.15, 0.2) is 0 Å². The number of benzene rings is 2. The average molecular weight is 608 g/mol. The van der Waals surface area contributed by atoms with E-state index < -0.39 is 13.2 Å². The van der Waals surface area contributed by atoms with E-state index in [0.29, 0.717) is 36.9 Å². The number of likely N-dealkylation sites (tertiary alicyclic amines) is 1. The number of amides is 2. The van der Waals surface area contributed by atoms with Crippen molar-refractivity contribution < 1.29 is 18.9 Å². The van der Waals surface area contributed by atoms with Gasteiger partial charge in [0.25, 0.3) is 5.91 Å². The predicted molar refractivity (Wildman–Crippen MR) is 172 cm³/mol. The van der Waals surface area contributed by atoms with Gasteiger partial charge in [0.1, 0.15) is 6.04 Å². The fourth-order valence-corrected chi connectivity index (χ4v) is 8.23. The van der Waals surface area contributed by atoms with Gasteiger partial charge in [0.2, 0.25) is 5.91 Å². The number of nitrogens with two attached hydrogens (primary N) is 1. The lowest BCUT2D eigenvalue weighted by molar-refractivity contribution is -0.199. The molecule has 43 heavy (non-hydrogen) atoms. The summed E-state index contributed by atoms with van der Waals surface area (Å²) >= 11 is 0. The van der Waals surface area contributed by atoms with Crippen LogP contribution in [0.2, 0.25) is 0 Å². The van der Waals surface area contributed by atoms with Crippen LogP contribution in [0.3, 0.4) is 0 Å². The third-order valence-corrected chi connectivity index (χ3v) is 10.8. The maximum atomic E-state index is 13.8. The van der Waals surface area contributed by atoms with Crippen molar-refractivity contribution in [2.75, 3.05) is 13.1 Å². The van der Waals surface area contributed by atoms with Crippen molar-refractivity contribution >= 4 is 31.3 Å². The second-order valence-electron chi connectivity index (χ2n) is 13.8. The van der Waals surface area contributed by atoms with Crippen molar-refractivity contribution in [1.82, 2.24) is 10.2 Å². The molecule has 2 heterocycles. The normalized spacial score (nSPS) is 29.3. The summed E-state index contributed by atoms with van der Waals surface area (Å²) in [4.78, 5) is 29.3. The van der Waals surface area contributed by atoms with Gasteiger partial charge in [0, 0.05) is 12.1 Å². The highest BCUT2D eigenvalue weighted by atomic mass is 35.5. The molecule has 0 aromatic heterocycles. The van der Waals surface area contributed by atoms with E-state index in [2.05, 4.69) is 44.3 Å². The maximum absolute atomic E-state index is 13.8. The molecule has 0 spiro atoms. The molecule has 7 rings (SSSR count). The minimum atomic E-state index is -0.502. The summed E-state index contributed by atoms with van der Waals surface area (Å²) in [6.07, 6.45) is 6.96. The quantitative estimate of drug-likeness (QED) is 0.287. The molecular weight excluding hydrogens is 561 g/mol. The number of rotatable bonds is 10. The topological polar surface area (TPSA) is 93.9 Å². The van der Waals surface area contributed by atoms with E-state index in [1.54, 1.807) is 4.90 Å². The Morgan fingerprint density at radius 2 is 1.84 bits per heavy atom. The summed E-state index contributed by atoms with van der Waals surface area (Å²) in [6, 6.07) is 17.6. The van der Waals surface area contributed by atoms with Gasteiger partial charge in [-0.1, -0.05) is 62.7 Å². The lowest BCUT2D eigenvalue weighted by Crippen LogP contribution is -2.65. The van der Waals surface area contributed by atoms with Gasteiger partial charge < -0.3 is 25.3 Å². The summed E-state index contributed by atoms with van der Waals surface area (Å²) < 4.78 is 13.3. The van der Waals surface area contributed by atoms with Crippen LogP contribution in [0.1, 0.15) is 87.2 Å². The molecule has 2 bridgehead atoms. The number of carbonyl (C=O) groups is 2. The highest BCUT2D eigenvalue weighted by Gasteiger charge is 2.68. The summed E-state index contributed by atoms with van der Waals surface area (Å²) in [5, 5.41) is 3.29. The van der Waals surface area contributed by atoms with E-state index in [9.17, 15) is 9.59 Å². The molecule has 0 unspecified atom stereocenters. The Kier molecular flexibility index (Phi) is 9.62. The highest BCUT2D eigenvalue weighted by Crippen LogP contribution is 2.65. The average Bonchev–Trinajstić information content (AvgIpc) is 3.61. The summed E-state index contributed by atoms with van der Waals surface area (Å²) in [6.45, 7) is 8.11. The summed E-state index contributed by atoms with van der Waals surface area (Å²) in [5.41, 5.74) is 8.64. The van der Waals surface area contributed by atoms with E-state index in [1.165, 1.54) is 12.0 Å². The number of carbonyl (C=O) groups excluding carboxylic acids is 2. The van der Waals surface area contributed by atoms with Crippen LogP contribution < -0.4 is 11.1 Å². The zero-order valence-corrected chi connectivity index (χ0v) is 26.6. The van der Waals surface area contributed by atoms with Crippen LogP contribution in [0.25, 0.3) is 0 Å². The third kappa shape index (κ3) is 6.13. The molecule has 2 aromatic carbocycles. The molecule has 2 aliphatic heterocycles. The highest BCUT2D eigenvalue weighted by molar-refractivity contribution is 6.47. The zero-order valence-electron chi connectivity index (χ0n) is 25.8. The van der Waals surface area contributed by atoms with Crippen molar-refractivity contribution in [1.29, 1.82) is 0 Å². The monoisotopic (exact) mass is 607 g/mol. The van der Waals surface area contributed by atoms with Crippen LogP contribution in [0.5, 0.6) is 0 Å². The largest absolute Gasteiger partial charge is 0.481 e. The van der Waals surface area contributed by atoms with Crippen molar-refractivity contribution in [3.63, 3.8) is 0 Å². The minimum absolute atomic E-state index is 0. The molecule has 0 radical (unpaired) electrons. The zero-order chi connectivity index (χ0) is 29.5. The van der Waals surface area contributed by atoms with Crippen LogP contribution >= 0.6 is 12.4 Å². The number of hydrogen-bond donors (Lipinski definition) is 2. The molecule has 3 aliphatic carbocycles. The predicted octanol–water partition coefficient (Wildman–Crippen LogP) is 5.19. The lowest BCUT2D eigenvalue weighted by atomic mass is 9.43. The van der Waals surface area contributed by atoms with E-state index in [1.807, 2.05) is 36.4 Å². The molecule has 2 saturated heterocycles. The molecule has 232 valence electrons.